The molecule has 0 aromatic rings. The van der Waals surface area contributed by atoms with Crippen LogP contribution >= 0.6 is 0 Å². The van der Waals surface area contributed by atoms with Crippen LogP contribution in [0.2, 0.25) is 0 Å². The SMILES string of the molecule is CC/C=C\C/C=C\C/C=C\C/C=C\CCCCC(=O)OCC(COCCCCCCCCCCCCCCCCCC)OC(=O)CCCCCCCCCCCCCCC. The second-order valence-corrected chi connectivity index (χ2v) is 17.4. The lowest BCUT2D eigenvalue weighted by atomic mass is 10.0. The van der Waals surface area contributed by atoms with Gasteiger partial charge in [-0.2, -0.15) is 0 Å². The van der Waals surface area contributed by atoms with Gasteiger partial charge in [0.2, 0.25) is 0 Å². The van der Waals surface area contributed by atoms with E-state index in [1.54, 1.807) is 0 Å². The summed E-state index contributed by atoms with van der Waals surface area (Å²) in [5.74, 6) is -0.432. The molecule has 0 spiro atoms. The smallest absolute Gasteiger partial charge is 0.306 e. The van der Waals surface area contributed by atoms with Crippen LogP contribution in [-0.4, -0.2) is 37.9 Å². The van der Waals surface area contributed by atoms with E-state index in [0.717, 1.165) is 70.6 Å². The molecule has 0 amide bonds. The Morgan fingerprint density at radius 3 is 1.20 bits per heavy atom. The number of rotatable bonds is 48. The number of hydrogen-bond donors (Lipinski definition) is 0. The summed E-state index contributed by atoms with van der Waals surface area (Å²) in [6.45, 7) is 7.71. The third kappa shape index (κ3) is 48.5. The number of esters is 2. The van der Waals surface area contributed by atoms with E-state index < -0.39 is 6.10 Å². The lowest BCUT2D eigenvalue weighted by molar-refractivity contribution is -0.163. The molecule has 1 atom stereocenters. The average Bonchev–Trinajstić information content (AvgIpc) is 3.25. The van der Waals surface area contributed by atoms with Crippen LogP contribution in [0.25, 0.3) is 0 Å². The normalized spacial score (nSPS) is 12.5. The van der Waals surface area contributed by atoms with Crippen LogP contribution in [0.3, 0.4) is 0 Å². The van der Waals surface area contributed by atoms with Crippen molar-refractivity contribution in [3.05, 3.63) is 48.6 Å². The molecule has 0 aliphatic carbocycles. The number of carbonyl (C=O) groups is 2. The van der Waals surface area contributed by atoms with E-state index in [0.29, 0.717) is 19.4 Å². The van der Waals surface area contributed by atoms with Crippen LogP contribution < -0.4 is 0 Å². The van der Waals surface area contributed by atoms with Gasteiger partial charge in [-0.25, -0.2) is 0 Å². The summed E-state index contributed by atoms with van der Waals surface area (Å²) in [6.07, 6.45) is 62.6. The molecule has 0 fully saturated rings. The van der Waals surface area contributed by atoms with E-state index >= 15 is 0 Å². The lowest BCUT2D eigenvalue weighted by Gasteiger charge is -2.18. The first kappa shape index (κ1) is 57.9. The molecule has 5 nitrogen and oxygen atoms in total. The molecule has 0 bridgehead atoms. The first-order valence-corrected chi connectivity index (χ1v) is 26.2. The van der Waals surface area contributed by atoms with Gasteiger partial charge in [-0.1, -0.05) is 243 Å². The molecule has 0 saturated carbocycles. The summed E-state index contributed by atoms with van der Waals surface area (Å²) < 4.78 is 17.4. The molecule has 0 aliphatic rings. The van der Waals surface area contributed by atoms with E-state index in [-0.39, 0.29) is 25.2 Å². The van der Waals surface area contributed by atoms with Gasteiger partial charge in [0, 0.05) is 19.4 Å². The maximum atomic E-state index is 12.8. The Bertz CT molecular complexity index is 997. The number of unbranched alkanes of at least 4 members (excludes halogenated alkanes) is 29. The molecule has 0 N–H and O–H groups in total. The maximum Gasteiger partial charge on any atom is 0.306 e. The molecule has 0 heterocycles. The minimum Gasteiger partial charge on any atom is -0.462 e. The van der Waals surface area contributed by atoms with Crippen molar-refractivity contribution >= 4 is 11.9 Å². The van der Waals surface area contributed by atoms with Gasteiger partial charge in [0.1, 0.15) is 6.61 Å². The molecule has 60 heavy (non-hydrogen) atoms. The van der Waals surface area contributed by atoms with Gasteiger partial charge in [0.25, 0.3) is 0 Å². The van der Waals surface area contributed by atoms with Crippen LogP contribution in [0, 0.1) is 0 Å². The second-order valence-electron chi connectivity index (χ2n) is 17.4. The summed E-state index contributed by atoms with van der Waals surface area (Å²) >= 11 is 0. The fraction of sp³-hybridized carbons (Fsp3) is 0.818. The highest BCUT2D eigenvalue weighted by Crippen LogP contribution is 2.16. The van der Waals surface area contributed by atoms with Crippen molar-refractivity contribution in [3.63, 3.8) is 0 Å². The molecular formula is C55H100O5. The van der Waals surface area contributed by atoms with Gasteiger partial charge >= 0.3 is 11.9 Å². The Balaban J connectivity index is 4.29. The zero-order valence-electron chi connectivity index (χ0n) is 40.2. The molecule has 0 saturated heterocycles. The Morgan fingerprint density at radius 2 is 0.750 bits per heavy atom. The Morgan fingerprint density at radius 1 is 0.383 bits per heavy atom. The molecule has 0 aromatic carbocycles. The first-order chi connectivity index (χ1) is 29.6. The molecule has 1 unspecified atom stereocenters. The number of allylic oxidation sites excluding steroid dienone is 8. The van der Waals surface area contributed by atoms with Crippen LogP contribution in [0.1, 0.15) is 265 Å². The standard InChI is InChI=1S/C55H100O5/c1-4-7-10-13-16-19-22-25-27-29-32-35-38-41-44-47-50-58-51-53(60-55(57)49-46-43-40-37-34-30-24-21-18-15-12-9-6-3)52-59-54(56)48-45-42-39-36-33-31-28-26-23-20-17-14-11-8-5-2/h8,11,17,20,26,28,33,36,53H,4-7,9-10,12-16,18-19,21-25,27,29-32,34-35,37-52H2,1-3H3/b11-8-,20-17-,28-26-,36-33-. The fourth-order valence-corrected chi connectivity index (χ4v) is 7.50. The monoisotopic (exact) mass is 841 g/mol. The van der Waals surface area contributed by atoms with E-state index in [1.165, 1.54) is 161 Å². The predicted octanol–water partition coefficient (Wildman–Crippen LogP) is 17.6. The van der Waals surface area contributed by atoms with Crippen molar-refractivity contribution in [1.82, 2.24) is 0 Å². The highest BCUT2D eigenvalue weighted by Gasteiger charge is 2.17. The Hall–Kier alpha value is -2.14. The molecular weight excluding hydrogens is 741 g/mol. The highest BCUT2D eigenvalue weighted by molar-refractivity contribution is 5.70. The third-order valence-electron chi connectivity index (χ3n) is 11.4. The van der Waals surface area contributed by atoms with E-state index in [9.17, 15) is 9.59 Å². The van der Waals surface area contributed by atoms with Gasteiger partial charge < -0.3 is 14.2 Å². The molecule has 350 valence electrons. The summed E-state index contributed by atoms with van der Waals surface area (Å²) in [4.78, 5) is 25.4. The van der Waals surface area contributed by atoms with Gasteiger partial charge in [0.05, 0.1) is 6.61 Å². The minimum absolute atomic E-state index is 0.0685. The molecule has 0 radical (unpaired) electrons. The van der Waals surface area contributed by atoms with Crippen LogP contribution in [-0.2, 0) is 23.8 Å². The fourth-order valence-electron chi connectivity index (χ4n) is 7.50. The van der Waals surface area contributed by atoms with Gasteiger partial charge in [-0.05, 0) is 57.8 Å². The highest BCUT2D eigenvalue weighted by atomic mass is 16.6. The topological polar surface area (TPSA) is 61.8 Å². The van der Waals surface area contributed by atoms with Crippen LogP contribution in [0.4, 0.5) is 0 Å². The zero-order valence-corrected chi connectivity index (χ0v) is 40.2. The summed E-state index contributed by atoms with van der Waals surface area (Å²) in [5.41, 5.74) is 0. The summed E-state index contributed by atoms with van der Waals surface area (Å²) in [6, 6.07) is 0. The quantitative estimate of drug-likeness (QED) is 0.0347. The second kappa shape index (κ2) is 51.2. The number of carbonyl (C=O) groups excluding carboxylic acids is 2. The van der Waals surface area contributed by atoms with Gasteiger partial charge in [-0.15, -0.1) is 0 Å². The van der Waals surface area contributed by atoms with Crippen molar-refractivity contribution in [1.29, 1.82) is 0 Å². The van der Waals surface area contributed by atoms with E-state index in [1.807, 2.05) is 0 Å². The summed E-state index contributed by atoms with van der Waals surface area (Å²) in [5, 5.41) is 0. The largest absolute Gasteiger partial charge is 0.462 e. The Labute approximate surface area is 373 Å². The lowest BCUT2D eigenvalue weighted by Crippen LogP contribution is -2.30. The Kier molecular flexibility index (Phi) is 49.4. The van der Waals surface area contributed by atoms with Crippen molar-refractivity contribution in [3.8, 4) is 0 Å². The van der Waals surface area contributed by atoms with Crippen LogP contribution in [0.15, 0.2) is 48.6 Å². The van der Waals surface area contributed by atoms with E-state index in [4.69, 9.17) is 14.2 Å². The first-order valence-electron chi connectivity index (χ1n) is 26.2. The van der Waals surface area contributed by atoms with Crippen molar-refractivity contribution in [2.45, 2.75) is 271 Å². The third-order valence-corrected chi connectivity index (χ3v) is 11.4. The van der Waals surface area contributed by atoms with Crippen molar-refractivity contribution in [2.24, 2.45) is 0 Å². The molecule has 0 rings (SSSR count). The van der Waals surface area contributed by atoms with Crippen molar-refractivity contribution < 1.29 is 23.8 Å². The number of ether oxygens (including phenoxy) is 3. The molecule has 5 heteroatoms. The van der Waals surface area contributed by atoms with Crippen molar-refractivity contribution in [2.75, 3.05) is 19.8 Å². The predicted molar refractivity (Wildman–Crippen MR) is 261 cm³/mol. The van der Waals surface area contributed by atoms with E-state index in [2.05, 4.69) is 69.4 Å². The molecule has 0 aromatic heterocycles. The maximum absolute atomic E-state index is 12.8. The average molecular weight is 841 g/mol. The van der Waals surface area contributed by atoms with Gasteiger partial charge in [0.15, 0.2) is 6.10 Å². The zero-order chi connectivity index (χ0) is 43.5. The summed E-state index contributed by atoms with van der Waals surface area (Å²) in [7, 11) is 0. The number of hydrogen-bond acceptors (Lipinski definition) is 5. The molecule has 0 aliphatic heterocycles. The van der Waals surface area contributed by atoms with Gasteiger partial charge in [-0.3, -0.25) is 9.59 Å². The minimum atomic E-state index is -0.547. The van der Waals surface area contributed by atoms with Crippen LogP contribution in [0.5, 0.6) is 0 Å².